The minimum absolute atomic E-state index is 0.511. The SMILES string of the molecule is On1cc(C=Nc2ccccc2)nn1. The molecule has 2 aromatic rings. The fourth-order valence-electron chi connectivity index (χ4n) is 0.981. The second-order valence-electron chi connectivity index (χ2n) is 2.66. The summed E-state index contributed by atoms with van der Waals surface area (Å²) in [5.41, 5.74) is 1.34. The number of benzene rings is 1. The van der Waals surface area contributed by atoms with Crippen LogP contribution in [0.4, 0.5) is 5.69 Å². The van der Waals surface area contributed by atoms with Gasteiger partial charge in [-0.1, -0.05) is 23.0 Å². The number of hydrogen-bond acceptors (Lipinski definition) is 4. The number of rotatable bonds is 2. The smallest absolute Gasteiger partial charge is 0.127 e. The molecule has 2 rings (SSSR count). The van der Waals surface area contributed by atoms with Gasteiger partial charge in [0.1, 0.15) is 5.69 Å². The molecule has 0 unspecified atom stereocenters. The third-order valence-corrected chi connectivity index (χ3v) is 1.60. The Morgan fingerprint density at radius 2 is 2.07 bits per heavy atom. The standard InChI is InChI=1S/C9H8N4O/c14-13-7-9(11-12-13)6-10-8-4-2-1-3-5-8/h1-7,14H. The van der Waals surface area contributed by atoms with Crippen molar-refractivity contribution in [1.29, 1.82) is 0 Å². The van der Waals surface area contributed by atoms with Crippen LogP contribution in [0, 0.1) is 0 Å². The summed E-state index contributed by atoms with van der Waals surface area (Å²) in [5, 5.41) is 15.8. The first kappa shape index (κ1) is 8.43. The van der Waals surface area contributed by atoms with E-state index in [1.54, 1.807) is 0 Å². The Morgan fingerprint density at radius 1 is 1.29 bits per heavy atom. The van der Waals surface area contributed by atoms with E-state index in [1.807, 2.05) is 30.3 Å². The molecule has 1 aromatic carbocycles. The second kappa shape index (κ2) is 3.69. The molecule has 0 fully saturated rings. The van der Waals surface area contributed by atoms with Gasteiger partial charge in [0.05, 0.1) is 18.1 Å². The quantitative estimate of drug-likeness (QED) is 0.570. The fraction of sp³-hybridized carbons (Fsp3) is 0. The average Bonchev–Trinajstić information content (AvgIpc) is 2.63. The number of aliphatic imine (C=N–C) groups is 1. The van der Waals surface area contributed by atoms with Gasteiger partial charge in [0.25, 0.3) is 0 Å². The summed E-state index contributed by atoms with van der Waals surface area (Å²) in [6.45, 7) is 0. The summed E-state index contributed by atoms with van der Waals surface area (Å²) < 4.78 is 0. The van der Waals surface area contributed by atoms with Crippen LogP contribution in [-0.4, -0.2) is 26.6 Å². The van der Waals surface area contributed by atoms with E-state index in [2.05, 4.69) is 15.3 Å². The molecule has 0 saturated heterocycles. The molecule has 0 radical (unpaired) electrons. The van der Waals surface area contributed by atoms with Gasteiger partial charge in [-0.25, -0.2) is 0 Å². The minimum atomic E-state index is 0.511. The molecule has 0 aliphatic rings. The zero-order valence-electron chi connectivity index (χ0n) is 7.28. The molecule has 5 nitrogen and oxygen atoms in total. The Kier molecular flexibility index (Phi) is 2.22. The van der Waals surface area contributed by atoms with Gasteiger partial charge in [-0.3, -0.25) is 4.99 Å². The molecule has 0 saturated carbocycles. The van der Waals surface area contributed by atoms with Gasteiger partial charge in [-0.2, -0.15) is 0 Å². The number of aromatic nitrogens is 3. The topological polar surface area (TPSA) is 63.3 Å². The fourth-order valence-corrected chi connectivity index (χ4v) is 0.981. The molecule has 1 N–H and O–H groups in total. The van der Waals surface area contributed by atoms with Crippen LogP contribution in [0.3, 0.4) is 0 Å². The van der Waals surface area contributed by atoms with Crippen molar-refractivity contribution in [1.82, 2.24) is 15.2 Å². The Morgan fingerprint density at radius 3 is 2.71 bits per heavy atom. The minimum Gasteiger partial charge on any atom is -0.410 e. The van der Waals surface area contributed by atoms with Crippen molar-refractivity contribution in [3.8, 4) is 0 Å². The number of para-hydroxylation sites is 1. The van der Waals surface area contributed by atoms with Crippen LogP contribution in [-0.2, 0) is 0 Å². The third-order valence-electron chi connectivity index (χ3n) is 1.60. The van der Waals surface area contributed by atoms with Crippen LogP contribution in [0.5, 0.6) is 0 Å². The highest BCUT2D eigenvalue weighted by Crippen LogP contribution is 2.08. The molecule has 0 atom stereocenters. The van der Waals surface area contributed by atoms with Crippen LogP contribution in [0.25, 0.3) is 0 Å². The second-order valence-corrected chi connectivity index (χ2v) is 2.66. The summed E-state index contributed by atoms with van der Waals surface area (Å²) in [6, 6.07) is 9.47. The lowest BCUT2D eigenvalue weighted by molar-refractivity contribution is 0.143. The zero-order chi connectivity index (χ0) is 9.80. The molecule has 1 aromatic heterocycles. The van der Waals surface area contributed by atoms with E-state index < -0.39 is 0 Å². The molecule has 5 heteroatoms. The predicted molar refractivity (Wildman–Crippen MR) is 50.9 cm³/mol. The zero-order valence-corrected chi connectivity index (χ0v) is 7.28. The van der Waals surface area contributed by atoms with Crippen LogP contribution in [0.15, 0.2) is 41.5 Å². The van der Waals surface area contributed by atoms with E-state index >= 15 is 0 Å². The van der Waals surface area contributed by atoms with E-state index in [1.165, 1.54) is 12.4 Å². The lowest BCUT2D eigenvalue weighted by Crippen LogP contribution is -1.88. The molecule has 0 aliphatic heterocycles. The van der Waals surface area contributed by atoms with Gasteiger partial charge < -0.3 is 5.21 Å². The normalized spacial score (nSPS) is 10.9. The van der Waals surface area contributed by atoms with Gasteiger partial charge in [0.2, 0.25) is 0 Å². The van der Waals surface area contributed by atoms with Crippen LogP contribution >= 0.6 is 0 Å². The molecule has 0 spiro atoms. The average molecular weight is 188 g/mol. The van der Waals surface area contributed by atoms with E-state index in [0.29, 0.717) is 10.5 Å². The summed E-state index contributed by atoms with van der Waals surface area (Å²) in [5.74, 6) is 0. The van der Waals surface area contributed by atoms with E-state index in [0.717, 1.165) is 5.69 Å². The van der Waals surface area contributed by atoms with Gasteiger partial charge >= 0.3 is 0 Å². The van der Waals surface area contributed by atoms with Crippen molar-refractivity contribution in [3.05, 3.63) is 42.2 Å². The van der Waals surface area contributed by atoms with Crippen molar-refractivity contribution in [2.24, 2.45) is 4.99 Å². The van der Waals surface area contributed by atoms with Crippen molar-refractivity contribution in [3.63, 3.8) is 0 Å². The molecule has 0 aliphatic carbocycles. The van der Waals surface area contributed by atoms with Crippen molar-refractivity contribution in [2.75, 3.05) is 0 Å². The summed E-state index contributed by atoms with van der Waals surface area (Å²) in [6.07, 6.45) is 2.90. The van der Waals surface area contributed by atoms with E-state index in [9.17, 15) is 0 Å². The molecule has 1 heterocycles. The molecule has 70 valence electrons. The lowest BCUT2D eigenvalue weighted by atomic mass is 10.3. The highest BCUT2D eigenvalue weighted by molar-refractivity contribution is 5.78. The monoisotopic (exact) mass is 188 g/mol. The maximum absolute atomic E-state index is 8.83. The number of hydrogen-bond donors (Lipinski definition) is 1. The maximum atomic E-state index is 8.83. The predicted octanol–water partition coefficient (Wildman–Crippen LogP) is 1.27. The van der Waals surface area contributed by atoms with Crippen LogP contribution in [0.2, 0.25) is 0 Å². The molecule has 14 heavy (non-hydrogen) atoms. The molecular weight excluding hydrogens is 180 g/mol. The van der Waals surface area contributed by atoms with Crippen molar-refractivity contribution >= 4 is 11.9 Å². The van der Waals surface area contributed by atoms with Gasteiger partial charge in [0.15, 0.2) is 0 Å². The first-order valence-electron chi connectivity index (χ1n) is 4.05. The van der Waals surface area contributed by atoms with Crippen molar-refractivity contribution < 1.29 is 5.21 Å². The van der Waals surface area contributed by atoms with E-state index in [-0.39, 0.29) is 0 Å². The summed E-state index contributed by atoms with van der Waals surface area (Å²) in [4.78, 5) is 4.78. The Labute approximate surface area is 80.3 Å². The molecule has 0 bridgehead atoms. The van der Waals surface area contributed by atoms with Crippen LogP contribution < -0.4 is 0 Å². The molecule has 0 amide bonds. The van der Waals surface area contributed by atoms with Crippen molar-refractivity contribution in [2.45, 2.75) is 0 Å². The summed E-state index contributed by atoms with van der Waals surface area (Å²) >= 11 is 0. The van der Waals surface area contributed by atoms with Gasteiger partial charge in [-0.05, 0) is 17.3 Å². The largest absolute Gasteiger partial charge is 0.410 e. The highest BCUT2D eigenvalue weighted by Gasteiger charge is 1.93. The van der Waals surface area contributed by atoms with Gasteiger partial charge in [0, 0.05) is 0 Å². The highest BCUT2D eigenvalue weighted by atomic mass is 16.5. The van der Waals surface area contributed by atoms with E-state index in [4.69, 9.17) is 5.21 Å². The first-order valence-corrected chi connectivity index (χ1v) is 4.05. The Balaban J connectivity index is 2.15. The lowest BCUT2D eigenvalue weighted by Gasteiger charge is -1.88. The Bertz CT molecular complexity index is 435. The third kappa shape index (κ3) is 1.95. The maximum Gasteiger partial charge on any atom is 0.127 e. The number of nitrogens with zero attached hydrogens (tertiary/aromatic N) is 4. The Hall–Kier alpha value is -2.17. The van der Waals surface area contributed by atoms with Gasteiger partial charge in [-0.15, -0.1) is 5.10 Å². The first-order chi connectivity index (χ1) is 6.84. The molecular formula is C9H8N4O. The van der Waals surface area contributed by atoms with Crippen LogP contribution in [0.1, 0.15) is 5.69 Å². The summed E-state index contributed by atoms with van der Waals surface area (Å²) in [7, 11) is 0.